The molecule has 0 amide bonds. The van der Waals surface area contributed by atoms with Gasteiger partial charge in [0.2, 0.25) is 0 Å². The van der Waals surface area contributed by atoms with Gasteiger partial charge in [0.05, 0.1) is 4.47 Å². The van der Waals surface area contributed by atoms with Gasteiger partial charge in [-0.25, -0.2) is 0 Å². The lowest BCUT2D eigenvalue weighted by Gasteiger charge is -2.16. The Morgan fingerprint density at radius 3 is 2.68 bits per heavy atom. The molecule has 0 spiro atoms. The molecule has 0 radical (unpaired) electrons. The third-order valence-electron chi connectivity index (χ3n) is 2.95. The minimum atomic E-state index is 0.368. The number of nitrogens with one attached hydrogen (secondary N) is 1. The van der Waals surface area contributed by atoms with Crippen molar-refractivity contribution in [3.05, 3.63) is 28.2 Å². The van der Waals surface area contributed by atoms with E-state index in [1.54, 1.807) is 0 Å². The molecule has 0 heterocycles. The van der Waals surface area contributed by atoms with Crippen LogP contribution in [0.4, 0.5) is 0 Å². The molecule has 0 saturated carbocycles. The Balaban J connectivity index is 2.58. The molecule has 1 N–H and O–H groups in total. The average Bonchev–Trinajstić information content (AvgIpc) is 2.37. The van der Waals surface area contributed by atoms with E-state index < -0.39 is 0 Å². The van der Waals surface area contributed by atoms with Crippen molar-refractivity contribution in [1.82, 2.24) is 10.2 Å². The summed E-state index contributed by atoms with van der Waals surface area (Å²) < 4.78 is 6.78. The molecule has 1 atom stereocenters. The zero-order valence-electron chi connectivity index (χ0n) is 12.4. The van der Waals surface area contributed by atoms with Crippen molar-refractivity contribution < 1.29 is 4.74 Å². The fraction of sp³-hybridized carbons (Fsp3) is 0.600. The number of hydrogen-bond acceptors (Lipinski definition) is 3. The highest BCUT2D eigenvalue weighted by Crippen LogP contribution is 2.28. The Kier molecular flexibility index (Phi) is 7.42. The van der Waals surface area contributed by atoms with Gasteiger partial charge in [0.25, 0.3) is 0 Å². The standard InChI is InChI=1S/C15H25BrN2O/c1-5-8-17-12(2)13-6-7-15(14(16)11-13)19-10-9-18(3)4/h6-7,11-12,17H,5,8-10H2,1-4H3. The normalized spacial score (nSPS) is 12.7. The van der Waals surface area contributed by atoms with Crippen LogP contribution in [0.25, 0.3) is 0 Å². The molecule has 1 rings (SSSR count). The molecule has 3 nitrogen and oxygen atoms in total. The largest absolute Gasteiger partial charge is 0.491 e. The second kappa shape index (κ2) is 8.56. The van der Waals surface area contributed by atoms with Gasteiger partial charge in [-0.05, 0) is 67.6 Å². The molecular weight excluding hydrogens is 304 g/mol. The second-order valence-corrected chi connectivity index (χ2v) is 5.87. The fourth-order valence-corrected chi connectivity index (χ4v) is 2.23. The molecule has 0 saturated heterocycles. The Hall–Kier alpha value is -0.580. The number of rotatable bonds is 8. The van der Waals surface area contributed by atoms with E-state index in [1.165, 1.54) is 5.56 Å². The zero-order chi connectivity index (χ0) is 14.3. The number of hydrogen-bond donors (Lipinski definition) is 1. The Morgan fingerprint density at radius 1 is 1.37 bits per heavy atom. The number of likely N-dealkylation sites (N-methyl/N-ethyl adjacent to an activating group) is 1. The van der Waals surface area contributed by atoms with E-state index in [2.05, 4.69) is 52.1 Å². The molecule has 0 aliphatic carbocycles. The highest BCUT2D eigenvalue weighted by molar-refractivity contribution is 9.10. The maximum atomic E-state index is 5.75. The van der Waals surface area contributed by atoms with E-state index in [1.807, 2.05) is 20.2 Å². The quantitative estimate of drug-likeness (QED) is 0.791. The van der Waals surface area contributed by atoms with E-state index in [-0.39, 0.29) is 0 Å². The van der Waals surface area contributed by atoms with Gasteiger partial charge < -0.3 is 15.0 Å². The van der Waals surface area contributed by atoms with Gasteiger partial charge >= 0.3 is 0 Å². The first kappa shape index (κ1) is 16.5. The molecule has 108 valence electrons. The van der Waals surface area contributed by atoms with Gasteiger partial charge in [0, 0.05) is 12.6 Å². The summed E-state index contributed by atoms with van der Waals surface area (Å²) >= 11 is 3.58. The third-order valence-corrected chi connectivity index (χ3v) is 3.57. The number of halogens is 1. The summed E-state index contributed by atoms with van der Waals surface area (Å²) in [6.45, 7) is 7.03. The van der Waals surface area contributed by atoms with Crippen molar-refractivity contribution >= 4 is 15.9 Å². The van der Waals surface area contributed by atoms with E-state index in [4.69, 9.17) is 4.74 Å². The van der Waals surface area contributed by atoms with Gasteiger partial charge in [-0.3, -0.25) is 0 Å². The number of nitrogens with zero attached hydrogens (tertiary/aromatic N) is 1. The van der Waals surface area contributed by atoms with Crippen molar-refractivity contribution in [3.8, 4) is 5.75 Å². The van der Waals surface area contributed by atoms with Gasteiger partial charge in [0.15, 0.2) is 0 Å². The maximum Gasteiger partial charge on any atom is 0.133 e. The van der Waals surface area contributed by atoms with Crippen LogP contribution in [0, 0.1) is 0 Å². The minimum Gasteiger partial charge on any atom is -0.491 e. The molecular formula is C15H25BrN2O. The highest BCUT2D eigenvalue weighted by atomic mass is 79.9. The summed E-state index contributed by atoms with van der Waals surface area (Å²) in [4.78, 5) is 2.11. The highest BCUT2D eigenvalue weighted by Gasteiger charge is 2.08. The second-order valence-electron chi connectivity index (χ2n) is 5.02. The van der Waals surface area contributed by atoms with Crippen LogP contribution in [0.5, 0.6) is 5.75 Å². The molecule has 0 aromatic heterocycles. The van der Waals surface area contributed by atoms with Gasteiger partial charge in [-0.2, -0.15) is 0 Å². The number of ether oxygens (including phenoxy) is 1. The predicted octanol–water partition coefficient (Wildman–Crippen LogP) is 3.45. The van der Waals surface area contributed by atoms with Crippen LogP contribution in [0.1, 0.15) is 31.9 Å². The average molecular weight is 329 g/mol. The molecule has 0 aliphatic rings. The fourth-order valence-electron chi connectivity index (χ4n) is 1.72. The lowest BCUT2D eigenvalue weighted by Crippen LogP contribution is -2.20. The van der Waals surface area contributed by atoms with E-state index >= 15 is 0 Å². The SMILES string of the molecule is CCCNC(C)c1ccc(OCCN(C)C)c(Br)c1. The monoisotopic (exact) mass is 328 g/mol. The van der Waals surface area contributed by atoms with Crippen LogP contribution in [-0.4, -0.2) is 38.7 Å². The van der Waals surface area contributed by atoms with Gasteiger partial charge in [0.1, 0.15) is 12.4 Å². The topological polar surface area (TPSA) is 24.5 Å². The first-order valence-electron chi connectivity index (χ1n) is 6.85. The van der Waals surface area contributed by atoms with Crippen molar-refractivity contribution in [2.45, 2.75) is 26.3 Å². The summed E-state index contributed by atoms with van der Waals surface area (Å²) in [6.07, 6.45) is 1.15. The van der Waals surface area contributed by atoms with Crippen LogP contribution < -0.4 is 10.1 Å². The maximum absolute atomic E-state index is 5.75. The number of benzene rings is 1. The van der Waals surface area contributed by atoms with Crippen LogP contribution >= 0.6 is 15.9 Å². The van der Waals surface area contributed by atoms with Crippen LogP contribution in [0.15, 0.2) is 22.7 Å². The summed E-state index contributed by atoms with van der Waals surface area (Å²) in [5.74, 6) is 0.910. The van der Waals surface area contributed by atoms with E-state index in [9.17, 15) is 0 Å². The van der Waals surface area contributed by atoms with Crippen molar-refractivity contribution in [2.24, 2.45) is 0 Å². The van der Waals surface area contributed by atoms with Crippen molar-refractivity contribution in [1.29, 1.82) is 0 Å². The predicted molar refractivity (Wildman–Crippen MR) is 84.9 cm³/mol. The summed E-state index contributed by atoms with van der Waals surface area (Å²) in [5, 5.41) is 3.49. The summed E-state index contributed by atoms with van der Waals surface area (Å²) in [6, 6.07) is 6.67. The molecule has 1 aromatic rings. The van der Waals surface area contributed by atoms with E-state index in [0.717, 1.165) is 29.7 Å². The lowest BCUT2D eigenvalue weighted by molar-refractivity contribution is 0.260. The summed E-state index contributed by atoms with van der Waals surface area (Å²) in [7, 11) is 4.09. The molecule has 1 unspecified atom stereocenters. The van der Waals surface area contributed by atoms with Crippen molar-refractivity contribution in [2.75, 3.05) is 33.8 Å². The zero-order valence-corrected chi connectivity index (χ0v) is 14.0. The summed E-state index contributed by atoms with van der Waals surface area (Å²) in [5.41, 5.74) is 1.28. The van der Waals surface area contributed by atoms with Gasteiger partial charge in [-0.15, -0.1) is 0 Å². The Labute approximate surface area is 125 Å². The van der Waals surface area contributed by atoms with Crippen LogP contribution in [-0.2, 0) is 0 Å². The molecule has 4 heteroatoms. The molecule has 19 heavy (non-hydrogen) atoms. The minimum absolute atomic E-state index is 0.368. The first-order chi connectivity index (χ1) is 9.04. The molecule has 1 aromatic carbocycles. The molecule has 0 bridgehead atoms. The van der Waals surface area contributed by atoms with Crippen LogP contribution in [0.3, 0.4) is 0 Å². The molecule has 0 aliphatic heterocycles. The van der Waals surface area contributed by atoms with Crippen LogP contribution in [0.2, 0.25) is 0 Å². The van der Waals surface area contributed by atoms with Gasteiger partial charge in [-0.1, -0.05) is 13.0 Å². The molecule has 0 fully saturated rings. The third kappa shape index (κ3) is 5.93. The Bertz CT molecular complexity index is 382. The lowest BCUT2D eigenvalue weighted by atomic mass is 10.1. The van der Waals surface area contributed by atoms with E-state index in [0.29, 0.717) is 12.6 Å². The van der Waals surface area contributed by atoms with Crippen molar-refractivity contribution in [3.63, 3.8) is 0 Å². The smallest absolute Gasteiger partial charge is 0.133 e. The Morgan fingerprint density at radius 2 is 2.11 bits per heavy atom. The first-order valence-corrected chi connectivity index (χ1v) is 7.64.